The first-order chi connectivity index (χ1) is 5.43. The molecule has 0 aliphatic rings. The van der Waals surface area contributed by atoms with Crippen LogP contribution < -0.4 is 4.46 Å². The molecule has 0 aliphatic heterocycles. The maximum absolute atomic E-state index is 10.8. The van der Waals surface area contributed by atoms with Crippen LogP contribution in [0.15, 0.2) is 18.2 Å². The van der Waals surface area contributed by atoms with Gasteiger partial charge < -0.3 is 0 Å². The van der Waals surface area contributed by atoms with Crippen molar-refractivity contribution in [3.63, 3.8) is 0 Å². The molecule has 0 spiro atoms. The summed E-state index contributed by atoms with van der Waals surface area (Å²) in [5, 5.41) is 0. The van der Waals surface area contributed by atoms with Gasteiger partial charge >= 0.3 is 72.5 Å². The second kappa shape index (κ2) is 2.98. The molecule has 0 heterocycles. The van der Waals surface area contributed by atoms with Crippen molar-refractivity contribution in [1.29, 1.82) is 0 Å². The topological polar surface area (TPSA) is 54.4 Å². The van der Waals surface area contributed by atoms with Crippen LogP contribution in [0.5, 0.6) is 0 Å². The first-order valence-electron chi connectivity index (χ1n) is 3.46. The van der Waals surface area contributed by atoms with Gasteiger partial charge in [0, 0.05) is 0 Å². The van der Waals surface area contributed by atoms with Crippen LogP contribution in [-0.4, -0.2) is 17.2 Å². The van der Waals surface area contributed by atoms with Gasteiger partial charge in [-0.3, -0.25) is 0 Å². The number of rotatable bonds is 1. The number of aryl methyl sites for hydroxylation is 1. The molecule has 0 unspecified atom stereocenters. The van der Waals surface area contributed by atoms with Gasteiger partial charge in [0.25, 0.3) is 0 Å². The van der Waals surface area contributed by atoms with Crippen molar-refractivity contribution < 1.29 is 11.9 Å². The van der Waals surface area contributed by atoms with E-state index in [1.54, 1.807) is 13.0 Å². The fourth-order valence-corrected chi connectivity index (χ4v) is 2.68. The minimum absolute atomic E-state index is 0.0613. The Kier molecular flexibility index (Phi) is 2.33. The van der Waals surface area contributed by atoms with Crippen LogP contribution in [0.4, 0.5) is 0 Å². The quantitative estimate of drug-likeness (QED) is 0.710. The van der Waals surface area contributed by atoms with Crippen LogP contribution in [0, 0.1) is 13.8 Å². The van der Waals surface area contributed by atoms with Crippen LogP contribution in [0.1, 0.15) is 11.1 Å². The SMILES string of the molecule is Cc1cccc([Se](=O)(=O)O)c1C. The van der Waals surface area contributed by atoms with Gasteiger partial charge in [-0.25, -0.2) is 0 Å². The monoisotopic (exact) mass is 234 g/mol. The molecule has 12 heavy (non-hydrogen) atoms. The summed E-state index contributed by atoms with van der Waals surface area (Å²) in [6.45, 7) is 3.49. The normalized spacial score (nSPS) is 11.6. The molecular weight excluding hydrogens is 223 g/mol. The van der Waals surface area contributed by atoms with Gasteiger partial charge in [-0.2, -0.15) is 0 Å². The van der Waals surface area contributed by atoms with Crippen LogP contribution in [0.3, 0.4) is 0 Å². The molecule has 4 heteroatoms. The second-order valence-corrected chi connectivity index (χ2v) is 5.59. The molecule has 0 saturated carbocycles. The van der Waals surface area contributed by atoms with Gasteiger partial charge in [0.2, 0.25) is 0 Å². The average molecular weight is 233 g/mol. The van der Waals surface area contributed by atoms with Gasteiger partial charge in [-0.1, -0.05) is 0 Å². The molecule has 3 nitrogen and oxygen atoms in total. The Bertz CT molecular complexity index is 393. The molecule has 1 aromatic rings. The first-order valence-corrected chi connectivity index (χ1v) is 6.49. The Morgan fingerprint density at radius 1 is 1.25 bits per heavy atom. The van der Waals surface area contributed by atoms with Crippen molar-refractivity contribution in [2.24, 2.45) is 0 Å². The Morgan fingerprint density at radius 2 is 1.83 bits per heavy atom. The van der Waals surface area contributed by atoms with Crippen molar-refractivity contribution in [3.8, 4) is 0 Å². The summed E-state index contributed by atoms with van der Waals surface area (Å²) in [5.41, 5.74) is 1.50. The molecule has 0 aromatic heterocycles. The standard InChI is InChI=1S/C8H10O3Se/c1-6-4-3-5-8(7(6)2)12(9,10)11/h3-5H,1-2H3,(H,9,10,11). The van der Waals surface area contributed by atoms with E-state index in [1.165, 1.54) is 6.07 Å². The van der Waals surface area contributed by atoms with Gasteiger partial charge in [0.1, 0.15) is 0 Å². The predicted molar refractivity (Wildman–Crippen MR) is 44.9 cm³/mol. The van der Waals surface area contributed by atoms with E-state index in [0.29, 0.717) is 5.56 Å². The molecule has 0 atom stereocenters. The molecule has 0 saturated heterocycles. The van der Waals surface area contributed by atoms with E-state index >= 15 is 0 Å². The van der Waals surface area contributed by atoms with Crippen molar-refractivity contribution in [3.05, 3.63) is 29.3 Å². The summed E-state index contributed by atoms with van der Waals surface area (Å²) in [6, 6.07) is 4.85. The summed E-state index contributed by atoms with van der Waals surface area (Å²) in [7, 11) is 0. The van der Waals surface area contributed by atoms with E-state index in [4.69, 9.17) is 4.19 Å². The van der Waals surface area contributed by atoms with Crippen molar-refractivity contribution in [2.75, 3.05) is 0 Å². The van der Waals surface area contributed by atoms with Crippen molar-refractivity contribution >= 4 is 17.5 Å². The maximum atomic E-state index is 10.8. The summed E-state index contributed by atoms with van der Waals surface area (Å²) in [6.07, 6.45) is 0. The Morgan fingerprint density at radius 3 is 2.25 bits per heavy atom. The van der Waals surface area contributed by atoms with Crippen LogP contribution in [0.2, 0.25) is 0 Å². The number of benzene rings is 1. The number of hydrogen-bond acceptors (Lipinski definition) is 2. The summed E-state index contributed by atoms with van der Waals surface area (Å²) < 4.78 is 30.6. The van der Waals surface area contributed by atoms with Gasteiger partial charge in [0.15, 0.2) is 0 Å². The third-order valence-electron chi connectivity index (χ3n) is 1.83. The Balaban J connectivity index is 3.47. The molecule has 0 bridgehead atoms. The molecule has 0 amide bonds. The number of hydrogen-bond donors (Lipinski definition) is 1. The zero-order chi connectivity index (χ0) is 9.35. The van der Waals surface area contributed by atoms with E-state index in [2.05, 4.69) is 0 Å². The minimum atomic E-state index is -4.78. The molecule has 1 aromatic carbocycles. The van der Waals surface area contributed by atoms with E-state index in [-0.39, 0.29) is 4.46 Å². The fraction of sp³-hybridized carbons (Fsp3) is 0.250. The Hall–Kier alpha value is -0.701. The van der Waals surface area contributed by atoms with E-state index in [1.807, 2.05) is 13.0 Å². The zero-order valence-electron chi connectivity index (χ0n) is 6.90. The van der Waals surface area contributed by atoms with E-state index in [0.717, 1.165) is 5.56 Å². The fourth-order valence-electron chi connectivity index (χ4n) is 1.00. The van der Waals surface area contributed by atoms with Crippen LogP contribution in [-0.2, 0) is 7.67 Å². The van der Waals surface area contributed by atoms with E-state index < -0.39 is 13.0 Å². The predicted octanol–water partition coefficient (Wildman–Crippen LogP) is 0.303. The molecule has 1 rings (SSSR count). The summed E-state index contributed by atoms with van der Waals surface area (Å²) >= 11 is -4.78. The van der Waals surface area contributed by atoms with Crippen LogP contribution >= 0.6 is 0 Å². The van der Waals surface area contributed by atoms with Crippen molar-refractivity contribution in [1.82, 2.24) is 0 Å². The molecule has 0 radical (unpaired) electrons. The molecule has 0 fully saturated rings. The molecule has 66 valence electrons. The summed E-state index contributed by atoms with van der Waals surface area (Å²) in [5.74, 6) is 0. The molecular formula is C8H10O3Se. The van der Waals surface area contributed by atoms with Crippen LogP contribution in [0.25, 0.3) is 0 Å². The molecule has 1 N–H and O–H groups in total. The van der Waals surface area contributed by atoms with Gasteiger partial charge in [-0.15, -0.1) is 0 Å². The molecule has 0 aliphatic carbocycles. The van der Waals surface area contributed by atoms with Gasteiger partial charge in [0.05, 0.1) is 0 Å². The third-order valence-corrected chi connectivity index (χ3v) is 3.93. The van der Waals surface area contributed by atoms with E-state index in [9.17, 15) is 7.67 Å². The summed E-state index contributed by atoms with van der Waals surface area (Å²) in [4.78, 5) is 0. The van der Waals surface area contributed by atoms with Crippen molar-refractivity contribution in [2.45, 2.75) is 13.8 Å². The van der Waals surface area contributed by atoms with Gasteiger partial charge in [-0.05, 0) is 0 Å². The zero-order valence-corrected chi connectivity index (χ0v) is 8.62. The first kappa shape index (κ1) is 9.39. The average Bonchev–Trinajstić information content (AvgIpc) is 1.92. The Labute approximate surface area is 73.0 Å². The third kappa shape index (κ3) is 1.72. The second-order valence-electron chi connectivity index (χ2n) is 2.67.